The highest BCUT2D eigenvalue weighted by atomic mass is 32.2. The van der Waals surface area contributed by atoms with E-state index < -0.39 is 22.0 Å². The molecule has 19 heavy (non-hydrogen) atoms. The normalized spacial score (nSPS) is 13.2. The Morgan fingerprint density at radius 2 is 2.00 bits per heavy atom. The van der Waals surface area contributed by atoms with Crippen molar-refractivity contribution < 1.29 is 18.3 Å². The summed E-state index contributed by atoms with van der Waals surface area (Å²) in [4.78, 5) is 11.2. The zero-order chi connectivity index (χ0) is 14.6. The van der Waals surface area contributed by atoms with Crippen LogP contribution in [0, 0.1) is 13.8 Å². The third-order valence-corrected chi connectivity index (χ3v) is 4.42. The second-order valence-electron chi connectivity index (χ2n) is 4.57. The van der Waals surface area contributed by atoms with Crippen molar-refractivity contribution in [2.75, 3.05) is 0 Å². The van der Waals surface area contributed by atoms with Gasteiger partial charge in [0, 0.05) is 0 Å². The van der Waals surface area contributed by atoms with Crippen LogP contribution >= 0.6 is 0 Å². The fourth-order valence-corrected chi connectivity index (χ4v) is 3.32. The minimum atomic E-state index is -3.81. The summed E-state index contributed by atoms with van der Waals surface area (Å²) in [7, 11) is -3.81. The molecule has 0 amide bonds. The van der Waals surface area contributed by atoms with E-state index in [1.165, 1.54) is 0 Å². The number of hydrogen-bond donors (Lipinski definition) is 2. The van der Waals surface area contributed by atoms with E-state index in [0.29, 0.717) is 12.0 Å². The van der Waals surface area contributed by atoms with Gasteiger partial charge in [-0.3, -0.25) is 4.79 Å². The number of carbonyl (C=O) groups is 1. The first-order valence-electron chi connectivity index (χ1n) is 6.10. The number of carboxylic acid groups (broad SMARTS) is 1. The molecule has 0 aliphatic carbocycles. The van der Waals surface area contributed by atoms with E-state index in [9.17, 15) is 13.2 Å². The van der Waals surface area contributed by atoms with Crippen molar-refractivity contribution >= 4 is 16.0 Å². The molecule has 0 fully saturated rings. The molecule has 1 rings (SSSR count). The third kappa shape index (κ3) is 4.04. The van der Waals surface area contributed by atoms with E-state index >= 15 is 0 Å². The van der Waals surface area contributed by atoms with Crippen molar-refractivity contribution in [3.8, 4) is 0 Å². The summed E-state index contributed by atoms with van der Waals surface area (Å²) in [5.41, 5.74) is 1.41. The number of carboxylic acids is 1. The number of aliphatic carboxylic acids is 1. The van der Waals surface area contributed by atoms with Gasteiger partial charge in [0.05, 0.1) is 4.90 Å². The highest BCUT2D eigenvalue weighted by Crippen LogP contribution is 2.17. The molecule has 0 heterocycles. The van der Waals surface area contributed by atoms with Gasteiger partial charge in [-0.25, -0.2) is 8.42 Å². The molecule has 0 radical (unpaired) electrons. The number of aryl methyl sites for hydroxylation is 2. The molecule has 0 saturated heterocycles. The van der Waals surface area contributed by atoms with Crippen molar-refractivity contribution in [2.24, 2.45) is 0 Å². The van der Waals surface area contributed by atoms with E-state index in [1.54, 1.807) is 26.0 Å². The fraction of sp³-hybridized carbons (Fsp3) is 0.462. The van der Waals surface area contributed by atoms with Gasteiger partial charge in [-0.15, -0.1) is 0 Å². The standard InChI is InChI=1S/C13H19NO4S/c1-4-5-11(13(15)16)14-19(17,18)12-8-9(2)6-7-10(12)3/h6-8,11,14H,4-5H2,1-3H3,(H,15,16). The fourth-order valence-electron chi connectivity index (χ4n) is 1.77. The van der Waals surface area contributed by atoms with Gasteiger partial charge in [0.25, 0.3) is 0 Å². The van der Waals surface area contributed by atoms with E-state index in [2.05, 4.69) is 4.72 Å². The Morgan fingerprint density at radius 1 is 1.37 bits per heavy atom. The zero-order valence-electron chi connectivity index (χ0n) is 11.3. The number of nitrogens with one attached hydrogen (secondary N) is 1. The molecule has 1 atom stereocenters. The van der Waals surface area contributed by atoms with Crippen molar-refractivity contribution in [1.82, 2.24) is 4.72 Å². The molecule has 0 aliphatic heterocycles. The van der Waals surface area contributed by atoms with E-state index in [-0.39, 0.29) is 11.3 Å². The summed E-state index contributed by atoms with van der Waals surface area (Å²) in [6.45, 7) is 5.28. The van der Waals surface area contributed by atoms with Crippen molar-refractivity contribution in [1.29, 1.82) is 0 Å². The van der Waals surface area contributed by atoms with Gasteiger partial charge in [-0.05, 0) is 37.5 Å². The monoisotopic (exact) mass is 285 g/mol. The van der Waals surface area contributed by atoms with Gasteiger partial charge in [-0.2, -0.15) is 4.72 Å². The first kappa shape index (κ1) is 15.7. The molecule has 106 valence electrons. The lowest BCUT2D eigenvalue weighted by atomic mass is 10.2. The van der Waals surface area contributed by atoms with Crippen molar-refractivity contribution in [3.63, 3.8) is 0 Å². The maximum absolute atomic E-state index is 12.2. The van der Waals surface area contributed by atoms with Crippen LogP contribution < -0.4 is 4.72 Å². The predicted octanol–water partition coefficient (Wildman–Crippen LogP) is 1.84. The summed E-state index contributed by atoms with van der Waals surface area (Å²) in [5, 5.41) is 9.01. The Morgan fingerprint density at radius 3 is 2.53 bits per heavy atom. The van der Waals surface area contributed by atoms with Gasteiger partial charge in [0.1, 0.15) is 6.04 Å². The molecule has 0 bridgehead atoms. The van der Waals surface area contributed by atoms with Gasteiger partial charge < -0.3 is 5.11 Å². The average Bonchev–Trinajstić information content (AvgIpc) is 2.31. The SMILES string of the molecule is CCCC(NS(=O)(=O)c1cc(C)ccc1C)C(=O)O. The summed E-state index contributed by atoms with van der Waals surface area (Å²) in [6.07, 6.45) is 0.853. The molecule has 6 heteroatoms. The maximum atomic E-state index is 12.2. The number of benzene rings is 1. The number of sulfonamides is 1. The Bertz CT molecular complexity index is 566. The molecule has 1 aromatic rings. The summed E-state index contributed by atoms with van der Waals surface area (Å²) < 4.78 is 26.7. The Hall–Kier alpha value is -1.40. The molecular weight excluding hydrogens is 266 g/mol. The minimum Gasteiger partial charge on any atom is -0.480 e. The zero-order valence-corrected chi connectivity index (χ0v) is 12.1. The van der Waals surface area contributed by atoms with E-state index in [1.807, 2.05) is 13.0 Å². The number of hydrogen-bond acceptors (Lipinski definition) is 3. The maximum Gasteiger partial charge on any atom is 0.321 e. The van der Waals surface area contributed by atoms with Crippen LogP contribution in [0.25, 0.3) is 0 Å². The Balaban J connectivity index is 3.10. The van der Waals surface area contributed by atoms with Gasteiger partial charge >= 0.3 is 5.97 Å². The molecule has 0 aromatic heterocycles. The summed E-state index contributed by atoms with van der Waals surface area (Å²) >= 11 is 0. The molecule has 1 unspecified atom stereocenters. The van der Waals surface area contributed by atoms with Crippen LogP contribution in [-0.2, 0) is 14.8 Å². The van der Waals surface area contributed by atoms with E-state index in [0.717, 1.165) is 5.56 Å². The predicted molar refractivity (Wildman–Crippen MR) is 72.6 cm³/mol. The largest absolute Gasteiger partial charge is 0.480 e. The molecule has 0 aliphatic rings. The first-order valence-corrected chi connectivity index (χ1v) is 7.58. The van der Waals surface area contributed by atoms with Gasteiger partial charge in [0.15, 0.2) is 0 Å². The Labute approximate surface area is 113 Å². The van der Waals surface area contributed by atoms with E-state index in [4.69, 9.17) is 5.11 Å². The quantitative estimate of drug-likeness (QED) is 0.835. The minimum absolute atomic E-state index is 0.134. The van der Waals surface area contributed by atoms with Crippen LogP contribution in [0.1, 0.15) is 30.9 Å². The highest BCUT2D eigenvalue weighted by Gasteiger charge is 2.25. The molecule has 5 nitrogen and oxygen atoms in total. The third-order valence-electron chi connectivity index (χ3n) is 2.81. The first-order chi connectivity index (χ1) is 8.77. The second-order valence-corrected chi connectivity index (χ2v) is 6.25. The smallest absolute Gasteiger partial charge is 0.321 e. The van der Waals surface area contributed by atoms with Gasteiger partial charge in [-0.1, -0.05) is 25.5 Å². The average molecular weight is 285 g/mol. The number of rotatable bonds is 6. The topological polar surface area (TPSA) is 83.5 Å². The van der Waals surface area contributed by atoms with Gasteiger partial charge in [0.2, 0.25) is 10.0 Å². The lowest BCUT2D eigenvalue weighted by molar-refractivity contribution is -0.139. The molecular formula is C13H19NO4S. The molecule has 0 saturated carbocycles. The van der Waals surface area contributed by atoms with Crippen LogP contribution in [0.15, 0.2) is 23.1 Å². The van der Waals surface area contributed by atoms with Crippen LogP contribution in [0.2, 0.25) is 0 Å². The lowest BCUT2D eigenvalue weighted by Crippen LogP contribution is -2.40. The van der Waals surface area contributed by atoms with Crippen molar-refractivity contribution in [3.05, 3.63) is 29.3 Å². The van der Waals surface area contributed by atoms with Crippen LogP contribution in [0.4, 0.5) is 0 Å². The summed E-state index contributed by atoms with van der Waals surface area (Å²) in [6, 6.07) is 3.98. The molecule has 2 N–H and O–H groups in total. The molecule has 1 aromatic carbocycles. The van der Waals surface area contributed by atoms with Crippen molar-refractivity contribution in [2.45, 2.75) is 44.6 Å². The highest BCUT2D eigenvalue weighted by molar-refractivity contribution is 7.89. The summed E-state index contributed by atoms with van der Waals surface area (Å²) in [5.74, 6) is -1.16. The second kappa shape index (κ2) is 6.16. The molecule has 0 spiro atoms. The van der Waals surface area contributed by atoms with Crippen LogP contribution in [0.5, 0.6) is 0 Å². The van der Waals surface area contributed by atoms with Crippen LogP contribution in [-0.4, -0.2) is 25.5 Å². The van der Waals surface area contributed by atoms with Crippen LogP contribution in [0.3, 0.4) is 0 Å². The Kier molecular flexibility index (Phi) is 5.08. The lowest BCUT2D eigenvalue weighted by Gasteiger charge is -2.15.